The van der Waals surface area contributed by atoms with E-state index in [2.05, 4.69) is 27.4 Å². The summed E-state index contributed by atoms with van der Waals surface area (Å²) < 4.78 is 12.5. The molecule has 0 saturated heterocycles. The minimum atomic E-state index is -1.38. The third kappa shape index (κ3) is 11.8. The van der Waals surface area contributed by atoms with Crippen LogP contribution < -0.4 is 17.1 Å². The van der Waals surface area contributed by atoms with Gasteiger partial charge in [-0.3, -0.25) is 9.59 Å². The topological polar surface area (TPSA) is 159 Å². The molecule has 0 aliphatic heterocycles. The van der Waals surface area contributed by atoms with Gasteiger partial charge in [0.25, 0.3) is 0 Å². The minimum absolute atomic E-state index is 0.00576. The highest BCUT2D eigenvalue weighted by molar-refractivity contribution is 8.76. The Bertz CT molecular complexity index is 1120. The zero-order chi connectivity index (χ0) is 29.6. The van der Waals surface area contributed by atoms with Gasteiger partial charge in [0.2, 0.25) is 0 Å². The summed E-state index contributed by atoms with van der Waals surface area (Å²) in [6.07, 6.45) is 1.09. The lowest BCUT2D eigenvalue weighted by Gasteiger charge is -2.25. The van der Waals surface area contributed by atoms with Crippen LogP contribution in [0.2, 0.25) is 0 Å². The largest absolute Gasteiger partial charge is 0.465 e. The molecule has 39 heavy (non-hydrogen) atoms. The second-order valence-corrected chi connectivity index (χ2v) is 12.2. The summed E-state index contributed by atoms with van der Waals surface area (Å²) in [4.78, 5) is 61.7. The molecular formula is C25H41N3O9S2. The molecule has 0 amide bonds. The number of carbonyl (C=O) groups excluding carboxylic acids is 2. The van der Waals surface area contributed by atoms with Gasteiger partial charge in [-0.05, 0) is 19.8 Å². The van der Waals surface area contributed by atoms with Crippen LogP contribution in [-0.2, 0) is 38.7 Å². The quantitative estimate of drug-likeness (QED) is 0.103. The van der Waals surface area contributed by atoms with E-state index in [1.165, 1.54) is 34.6 Å². The van der Waals surface area contributed by atoms with Crippen LogP contribution in [-0.4, -0.2) is 72.8 Å². The Morgan fingerprint density at radius 1 is 0.923 bits per heavy atom. The van der Waals surface area contributed by atoms with E-state index in [1.807, 2.05) is 0 Å². The molecule has 0 bridgehead atoms. The Morgan fingerprint density at radius 3 is 1.90 bits per heavy atom. The Labute approximate surface area is 235 Å². The first-order chi connectivity index (χ1) is 18.4. The second kappa shape index (κ2) is 17.4. The number of carbonyl (C=O) groups is 2. The molecule has 2 N–H and O–H groups in total. The maximum atomic E-state index is 12.7. The lowest BCUT2D eigenvalue weighted by atomic mass is 9.86. The van der Waals surface area contributed by atoms with Crippen molar-refractivity contribution in [2.75, 3.05) is 24.7 Å². The lowest BCUT2D eigenvalue weighted by molar-refractivity contribution is -0.147. The third-order valence-corrected chi connectivity index (χ3v) is 8.53. The van der Waals surface area contributed by atoms with Crippen LogP contribution in [0.4, 0.5) is 0 Å². The third-order valence-electron chi connectivity index (χ3n) is 6.13. The van der Waals surface area contributed by atoms with E-state index in [1.54, 1.807) is 0 Å². The number of esters is 2. The van der Waals surface area contributed by atoms with Crippen molar-refractivity contribution in [1.29, 1.82) is 0 Å². The van der Waals surface area contributed by atoms with Gasteiger partial charge in [0.1, 0.15) is 12.7 Å². The molecule has 222 valence electrons. The number of hydrogen-bond donors (Lipinski definition) is 2. The smallest absolute Gasteiger partial charge is 0.336 e. The van der Waals surface area contributed by atoms with Crippen molar-refractivity contribution >= 4 is 33.5 Å². The molecule has 0 aliphatic carbocycles. The van der Waals surface area contributed by atoms with Crippen molar-refractivity contribution in [1.82, 2.24) is 13.7 Å². The molecule has 0 spiro atoms. The SMILES string of the molecule is C=CCn1c(=O)n(CC(C)O)c(=O)n(CC(O)COC(=O)CCSSCCC(=O)OCC(C)(CC)CC)c1=O. The van der Waals surface area contributed by atoms with Crippen molar-refractivity contribution in [2.24, 2.45) is 5.41 Å². The molecule has 1 aromatic rings. The van der Waals surface area contributed by atoms with E-state index in [9.17, 15) is 34.2 Å². The lowest BCUT2D eigenvalue weighted by Crippen LogP contribution is -2.56. The van der Waals surface area contributed by atoms with Crippen LogP contribution in [0.5, 0.6) is 0 Å². The van der Waals surface area contributed by atoms with E-state index in [4.69, 9.17) is 9.47 Å². The van der Waals surface area contributed by atoms with E-state index in [-0.39, 0.29) is 37.3 Å². The molecular weight excluding hydrogens is 550 g/mol. The summed E-state index contributed by atoms with van der Waals surface area (Å²) in [7, 11) is 2.85. The van der Waals surface area contributed by atoms with Crippen molar-refractivity contribution < 1.29 is 29.3 Å². The molecule has 2 atom stereocenters. The molecule has 0 saturated carbocycles. The van der Waals surface area contributed by atoms with Crippen LogP contribution in [0.3, 0.4) is 0 Å². The van der Waals surface area contributed by atoms with Gasteiger partial charge in [0.05, 0.1) is 45.2 Å². The fourth-order valence-corrected chi connectivity index (χ4v) is 5.16. The maximum Gasteiger partial charge on any atom is 0.336 e. The Hall–Kier alpha value is -2.29. The van der Waals surface area contributed by atoms with E-state index in [0.29, 0.717) is 27.2 Å². The van der Waals surface area contributed by atoms with Crippen LogP contribution in [0.1, 0.15) is 53.4 Å². The summed E-state index contributed by atoms with van der Waals surface area (Å²) in [5, 5.41) is 19.9. The highest BCUT2D eigenvalue weighted by Gasteiger charge is 2.22. The van der Waals surface area contributed by atoms with Gasteiger partial charge in [-0.1, -0.05) is 48.4 Å². The number of ether oxygens (including phenoxy) is 2. The van der Waals surface area contributed by atoms with Crippen molar-refractivity contribution in [3.05, 3.63) is 44.1 Å². The Kier molecular flexibility index (Phi) is 15.5. The molecule has 1 heterocycles. The number of aliphatic hydroxyl groups is 2. The van der Waals surface area contributed by atoms with Crippen molar-refractivity contribution in [3.8, 4) is 0 Å². The van der Waals surface area contributed by atoms with Gasteiger partial charge >= 0.3 is 29.0 Å². The van der Waals surface area contributed by atoms with Gasteiger partial charge in [-0.15, -0.1) is 6.58 Å². The van der Waals surface area contributed by atoms with Crippen LogP contribution >= 0.6 is 21.6 Å². The molecule has 14 heteroatoms. The molecule has 1 rings (SSSR count). The number of aromatic nitrogens is 3. The maximum absolute atomic E-state index is 12.7. The number of rotatable bonds is 19. The predicted octanol–water partition coefficient (Wildman–Crippen LogP) is 1.17. The summed E-state index contributed by atoms with van der Waals surface area (Å²) in [5.74, 6) is 0.146. The summed E-state index contributed by atoms with van der Waals surface area (Å²) >= 11 is 0. The van der Waals surface area contributed by atoms with Gasteiger partial charge < -0.3 is 19.7 Å². The predicted molar refractivity (Wildman–Crippen MR) is 152 cm³/mol. The molecule has 0 aromatic carbocycles. The highest BCUT2D eigenvalue weighted by Crippen LogP contribution is 2.26. The van der Waals surface area contributed by atoms with Gasteiger partial charge in [0, 0.05) is 16.9 Å². The zero-order valence-electron chi connectivity index (χ0n) is 23.1. The van der Waals surface area contributed by atoms with Crippen LogP contribution in [0.15, 0.2) is 27.0 Å². The standard InChI is InChI=1S/C25H41N3O9S2/c1-6-11-26-22(33)27(14-18(4)29)24(35)28(23(26)34)15-19(30)16-36-20(31)9-12-38-39-13-10-21(32)37-17-25(5,7-2)8-3/h6,18-19,29-30H,1,7-17H2,2-5H3. The minimum Gasteiger partial charge on any atom is -0.465 e. The average molecular weight is 592 g/mol. The van der Waals surface area contributed by atoms with Crippen molar-refractivity contribution in [2.45, 2.75) is 85.2 Å². The van der Waals surface area contributed by atoms with Crippen LogP contribution in [0.25, 0.3) is 0 Å². The molecule has 0 aliphatic rings. The first kappa shape index (κ1) is 34.7. The molecule has 0 fully saturated rings. The Morgan fingerprint density at radius 2 is 1.41 bits per heavy atom. The monoisotopic (exact) mass is 591 g/mol. The fourth-order valence-electron chi connectivity index (χ4n) is 3.22. The van der Waals surface area contributed by atoms with Gasteiger partial charge in [-0.2, -0.15) is 0 Å². The molecule has 12 nitrogen and oxygen atoms in total. The second-order valence-electron chi connectivity index (χ2n) is 9.48. The number of hydrogen-bond acceptors (Lipinski definition) is 11. The molecule has 1 aromatic heterocycles. The van der Waals surface area contributed by atoms with E-state index >= 15 is 0 Å². The normalized spacial score (nSPS) is 13.1. The molecule has 2 unspecified atom stereocenters. The highest BCUT2D eigenvalue weighted by atomic mass is 33.1. The Balaban J connectivity index is 2.49. The summed E-state index contributed by atoms with van der Waals surface area (Å²) in [6, 6.07) is 0. The van der Waals surface area contributed by atoms with Crippen LogP contribution in [0, 0.1) is 5.41 Å². The first-order valence-corrected chi connectivity index (χ1v) is 15.3. The average Bonchev–Trinajstić information content (AvgIpc) is 2.90. The zero-order valence-corrected chi connectivity index (χ0v) is 24.8. The van der Waals surface area contributed by atoms with Crippen molar-refractivity contribution in [3.63, 3.8) is 0 Å². The first-order valence-electron chi connectivity index (χ1n) is 12.9. The van der Waals surface area contributed by atoms with Gasteiger partial charge in [-0.25, -0.2) is 28.1 Å². The summed E-state index contributed by atoms with van der Waals surface area (Å²) in [6.45, 7) is 10.0. The molecule has 0 radical (unpaired) electrons. The number of aliphatic hydroxyl groups excluding tert-OH is 2. The summed E-state index contributed by atoms with van der Waals surface area (Å²) in [5.41, 5.74) is -2.84. The number of allylic oxidation sites excluding steroid dienone is 1. The van der Waals surface area contributed by atoms with E-state index in [0.717, 1.165) is 17.4 Å². The van der Waals surface area contributed by atoms with E-state index < -0.39 is 48.4 Å². The van der Waals surface area contributed by atoms with Gasteiger partial charge in [0.15, 0.2) is 0 Å². The number of nitrogens with zero attached hydrogens (tertiary/aromatic N) is 3. The fraction of sp³-hybridized carbons (Fsp3) is 0.720.